The third kappa shape index (κ3) is 0.689. The van der Waals surface area contributed by atoms with Crippen molar-refractivity contribution in [2.45, 2.75) is 12.8 Å². The molecule has 0 unspecified atom stereocenters. The number of rotatable bonds is 0. The molecular formula is C8H8O. The van der Waals surface area contributed by atoms with E-state index in [0.29, 0.717) is 0 Å². The number of hydrogen-bond donors (Lipinski definition) is 0. The Bertz CT molecular complexity index is 210. The Balaban J connectivity index is 2.46. The molecule has 0 saturated heterocycles. The van der Waals surface area contributed by atoms with Crippen LogP contribution in [-0.4, -0.2) is 0 Å². The summed E-state index contributed by atoms with van der Waals surface area (Å²) in [6.45, 7) is 0. The molecule has 0 aliphatic heterocycles. The summed E-state index contributed by atoms with van der Waals surface area (Å²) in [5, 5.41) is 0. The Morgan fingerprint density at radius 3 is 3.00 bits per heavy atom. The van der Waals surface area contributed by atoms with Gasteiger partial charge >= 0.3 is 0 Å². The largest absolute Gasteiger partial charge is 0.469 e. The summed E-state index contributed by atoms with van der Waals surface area (Å²) in [7, 11) is 0. The zero-order chi connectivity index (χ0) is 6.10. The number of allylic oxidation sites excluding steroid dienone is 2. The van der Waals surface area contributed by atoms with Crippen LogP contribution in [0.1, 0.15) is 11.3 Å². The lowest BCUT2D eigenvalue weighted by molar-refractivity contribution is 0.517. The van der Waals surface area contributed by atoms with Gasteiger partial charge in [-0.2, -0.15) is 0 Å². The van der Waals surface area contributed by atoms with E-state index < -0.39 is 0 Å². The molecule has 1 aliphatic rings. The van der Waals surface area contributed by atoms with Crippen LogP contribution in [0.25, 0.3) is 0 Å². The Kier molecular flexibility index (Phi) is 0.950. The van der Waals surface area contributed by atoms with Gasteiger partial charge < -0.3 is 4.42 Å². The Morgan fingerprint density at radius 2 is 2.11 bits per heavy atom. The van der Waals surface area contributed by atoms with Gasteiger partial charge in [0.05, 0.1) is 6.26 Å². The highest BCUT2D eigenvalue weighted by Crippen LogP contribution is 2.16. The monoisotopic (exact) mass is 120 g/mol. The molecule has 0 atom stereocenters. The Morgan fingerprint density at radius 1 is 1.22 bits per heavy atom. The summed E-state index contributed by atoms with van der Waals surface area (Å²) in [5.41, 5.74) is 1.34. The molecule has 0 amide bonds. The molecule has 0 spiro atoms. The second-order valence-electron chi connectivity index (χ2n) is 2.25. The van der Waals surface area contributed by atoms with E-state index in [9.17, 15) is 0 Å². The first-order valence-electron chi connectivity index (χ1n) is 3.17. The predicted octanol–water partition coefficient (Wildman–Crippen LogP) is 1.93. The van der Waals surface area contributed by atoms with Crippen molar-refractivity contribution in [2.75, 3.05) is 0 Å². The topological polar surface area (TPSA) is 13.1 Å². The zero-order valence-corrected chi connectivity index (χ0v) is 5.13. The first-order chi connectivity index (χ1) is 4.47. The van der Waals surface area contributed by atoms with Crippen LogP contribution in [-0.2, 0) is 12.8 Å². The van der Waals surface area contributed by atoms with E-state index >= 15 is 0 Å². The van der Waals surface area contributed by atoms with Gasteiger partial charge in [-0.15, -0.1) is 0 Å². The van der Waals surface area contributed by atoms with Crippen molar-refractivity contribution in [1.29, 1.82) is 0 Å². The Hall–Kier alpha value is -0.980. The van der Waals surface area contributed by atoms with Gasteiger partial charge in [-0.1, -0.05) is 12.2 Å². The summed E-state index contributed by atoms with van der Waals surface area (Å²) in [6.07, 6.45) is 8.11. The second kappa shape index (κ2) is 1.76. The molecule has 1 aromatic rings. The highest BCUT2D eigenvalue weighted by Gasteiger charge is 2.05. The summed E-state index contributed by atoms with van der Waals surface area (Å²) in [4.78, 5) is 0. The van der Waals surface area contributed by atoms with Crippen molar-refractivity contribution in [3.63, 3.8) is 0 Å². The maximum Gasteiger partial charge on any atom is 0.111 e. The quantitative estimate of drug-likeness (QED) is 0.477. The number of hydrogen-bond acceptors (Lipinski definition) is 1. The third-order valence-electron chi connectivity index (χ3n) is 1.65. The second-order valence-corrected chi connectivity index (χ2v) is 2.25. The molecule has 1 heterocycles. The summed E-state index contributed by atoms with van der Waals surface area (Å²) >= 11 is 0. The van der Waals surface area contributed by atoms with Gasteiger partial charge in [0, 0.05) is 6.42 Å². The molecule has 9 heavy (non-hydrogen) atoms. The van der Waals surface area contributed by atoms with Gasteiger partial charge in [-0.05, 0) is 18.1 Å². The van der Waals surface area contributed by atoms with Crippen LogP contribution < -0.4 is 0 Å². The normalized spacial score (nSPS) is 15.6. The average Bonchev–Trinajstić information content (AvgIpc) is 2.33. The van der Waals surface area contributed by atoms with E-state index in [1.165, 1.54) is 5.56 Å². The van der Waals surface area contributed by atoms with Gasteiger partial charge in [-0.25, -0.2) is 0 Å². The number of furan rings is 1. The summed E-state index contributed by atoms with van der Waals surface area (Å²) in [6, 6.07) is 2.04. The molecule has 1 nitrogen and oxygen atoms in total. The third-order valence-corrected chi connectivity index (χ3v) is 1.65. The van der Waals surface area contributed by atoms with Gasteiger partial charge in [-0.3, -0.25) is 0 Å². The van der Waals surface area contributed by atoms with E-state index in [0.717, 1.165) is 18.6 Å². The Labute approximate surface area is 54.0 Å². The van der Waals surface area contributed by atoms with E-state index in [1.807, 2.05) is 6.07 Å². The van der Waals surface area contributed by atoms with Crippen molar-refractivity contribution in [3.8, 4) is 0 Å². The molecular weight excluding hydrogens is 112 g/mol. The van der Waals surface area contributed by atoms with Crippen LogP contribution >= 0.6 is 0 Å². The minimum Gasteiger partial charge on any atom is -0.469 e. The predicted molar refractivity (Wildman–Crippen MR) is 35.3 cm³/mol. The highest BCUT2D eigenvalue weighted by atomic mass is 16.3. The minimum atomic E-state index is 0.975. The van der Waals surface area contributed by atoms with Gasteiger partial charge in [0.25, 0.3) is 0 Å². The molecule has 1 aromatic heterocycles. The molecule has 1 aliphatic carbocycles. The molecule has 0 bridgehead atoms. The van der Waals surface area contributed by atoms with Crippen molar-refractivity contribution < 1.29 is 4.42 Å². The van der Waals surface area contributed by atoms with Crippen LogP contribution in [0.3, 0.4) is 0 Å². The van der Waals surface area contributed by atoms with Gasteiger partial charge in [0.1, 0.15) is 5.76 Å². The molecule has 0 fully saturated rings. The van der Waals surface area contributed by atoms with E-state index in [1.54, 1.807) is 6.26 Å². The zero-order valence-electron chi connectivity index (χ0n) is 5.13. The van der Waals surface area contributed by atoms with Crippen molar-refractivity contribution in [3.05, 3.63) is 35.8 Å². The summed E-state index contributed by atoms with van der Waals surface area (Å²) in [5.74, 6) is 1.14. The van der Waals surface area contributed by atoms with Crippen molar-refractivity contribution in [2.24, 2.45) is 0 Å². The minimum absolute atomic E-state index is 0.975. The standard InChI is InChI=1S/C8H8O/c1-2-4-8-7(3-1)5-6-9-8/h1-2,5-6H,3-4H2. The lowest BCUT2D eigenvalue weighted by Gasteiger charge is -2.00. The average molecular weight is 120 g/mol. The number of fused-ring (bicyclic) bond motifs is 1. The lowest BCUT2D eigenvalue weighted by atomic mass is 10.1. The molecule has 2 rings (SSSR count). The van der Waals surface area contributed by atoms with Gasteiger partial charge in [0.15, 0.2) is 0 Å². The van der Waals surface area contributed by atoms with Crippen LogP contribution in [0.4, 0.5) is 0 Å². The van der Waals surface area contributed by atoms with E-state index in [2.05, 4.69) is 12.2 Å². The van der Waals surface area contributed by atoms with Crippen LogP contribution in [0, 0.1) is 0 Å². The van der Waals surface area contributed by atoms with Crippen LogP contribution in [0.2, 0.25) is 0 Å². The van der Waals surface area contributed by atoms with Crippen LogP contribution in [0.5, 0.6) is 0 Å². The maximum atomic E-state index is 5.20. The van der Waals surface area contributed by atoms with Crippen LogP contribution in [0.15, 0.2) is 28.9 Å². The van der Waals surface area contributed by atoms with Crippen molar-refractivity contribution >= 4 is 0 Å². The molecule has 0 radical (unpaired) electrons. The van der Waals surface area contributed by atoms with E-state index in [-0.39, 0.29) is 0 Å². The highest BCUT2D eigenvalue weighted by molar-refractivity contribution is 5.25. The lowest BCUT2D eigenvalue weighted by Crippen LogP contribution is -1.90. The smallest absolute Gasteiger partial charge is 0.111 e. The SMILES string of the molecule is C1=CCc2occc2C1. The van der Waals surface area contributed by atoms with Gasteiger partial charge in [0.2, 0.25) is 0 Å². The fourth-order valence-corrected chi connectivity index (χ4v) is 1.13. The molecule has 0 N–H and O–H groups in total. The first kappa shape index (κ1) is 4.86. The molecule has 0 aromatic carbocycles. The maximum absolute atomic E-state index is 5.20. The van der Waals surface area contributed by atoms with Crippen molar-refractivity contribution in [1.82, 2.24) is 0 Å². The first-order valence-corrected chi connectivity index (χ1v) is 3.17. The molecule has 0 saturated carbocycles. The van der Waals surface area contributed by atoms with E-state index in [4.69, 9.17) is 4.42 Å². The molecule has 46 valence electrons. The summed E-state index contributed by atoms with van der Waals surface area (Å²) < 4.78 is 5.20. The fraction of sp³-hybridized carbons (Fsp3) is 0.250. The molecule has 1 heteroatoms. The fourth-order valence-electron chi connectivity index (χ4n) is 1.13.